The van der Waals surface area contributed by atoms with Crippen LogP contribution in [0.25, 0.3) is 10.9 Å². The summed E-state index contributed by atoms with van der Waals surface area (Å²) in [6.07, 6.45) is 1.40. The van der Waals surface area contributed by atoms with Crippen LogP contribution in [0.15, 0.2) is 44.7 Å². The van der Waals surface area contributed by atoms with E-state index in [0.29, 0.717) is 23.1 Å². The van der Waals surface area contributed by atoms with Crippen molar-refractivity contribution in [3.05, 3.63) is 71.7 Å². The van der Waals surface area contributed by atoms with Crippen LogP contribution in [0.4, 0.5) is 5.69 Å². The van der Waals surface area contributed by atoms with E-state index in [1.54, 1.807) is 25.1 Å². The highest BCUT2D eigenvalue weighted by molar-refractivity contribution is 9.10. The number of ether oxygens (including phenoxy) is 2. The summed E-state index contributed by atoms with van der Waals surface area (Å²) in [5.41, 5.74) is -0.0397. The van der Waals surface area contributed by atoms with Gasteiger partial charge in [0.25, 0.3) is 5.56 Å². The average Bonchev–Trinajstić information content (AvgIpc) is 2.80. The minimum Gasteiger partial charge on any atom is -0.471 e. The van der Waals surface area contributed by atoms with Crippen LogP contribution >= 0.6 is 27.5 Å². The molecule has 1 aromatic heterocycles. The standard InChI is InChI=1S/C23H22BrClN4O6/c1-4-6-20-27-18-8-7-15(24)11-16(18)22(30)28(20)26-12-14-9-17(25)21(19(10-14)29(32)33)35-13(3)23(31)34-5-2/h7-13H,4-6H2,1-3H3/t13-/m1/s1. The maximum absolute atomic E-state index is 13.1. The molecule has 35 heavy (non-hydrogen) atoms. The second-order valence-corrected chi connectivity index (χ2v) is 8.74. The number of nitro groups is 1. The zero-order valence-electron chi connectivity index (χ0n) is 19.2. The van der Waals surface area contributed by atoms with E-state index >= 15 is 0 Å². The molecule has 184 valence electrons. The van der Waals surface area contributed by atoms with Gasteiger partial charge in [-0.25, -0.2) is 9.78 Å². The van der Waals surface area contributed by atoms with Crippen LogP contribution in [0, 0.1) is 10.1 Å². The van der Waals surface area contributed by atoms with Crippen molar-refractivity contribution in [2.24, 2.45) is 5.10 Å². The molecule has 3 rings (SSSR count). The molecule has 0 radical (unpaired) electrons. The first-order valence-electron chi connectivity index (χ1n) is 10.7. The van der Waals surface area contributed by atoms with Crippen LogP contribution in [0.3, 0.4) is 0 Å². The number of benzene rings is 2. The van der Waals surface area contributed by atoms with Crippen molar-refractivity contribution in [1.82, 2.24) is 9.66 Å². The number of esters is 1. The van der Waals surface area contributed by atoms with E-state index in [4.69, 9.17) is 21.1 Å². The van der Waals surface area contributed by atoms with Crippen LogP contribution in [-0.4, -0.2) is 39.5 Å². The topological polar surface area (TPSA) is 126 Å². The number of fused-ring (bicyclic) bond motifs is 1. The van der Waals surface area contributed by atoms with Crippen LogP contribution in [-0.2, 0) is 16.0 Å². The Balaban J connectivity index is 2.05. The van der Waals surface area contributed by atoms with Gasteiger partial charge in [0.2, 0.25) is 5.75 Å². The summed E-state index contributed by atoms with van der Waals surface area (Å²) < 4.78 is 12.2. The second kappa shape index (κ2) is 11.4. The molecule has 0 bridgehead atoms. The van der Waals surface area contributed by atoms with Crippen molar-refractivity contribution < 1.29 is 19.2 Å². The van der Waals surface area contributed by atoms with Gasteiger partial charge in [0.05, 0.1) is 33.7 Å². The highest BCUT2D eigenvalue weighted by Crippen LogP contribution is 2.36. The van der Waals surface area contributed by atoms with Gasteiger partial charge in [-0.15, -0.1) is 0 Å². The van der Waals surface area contributed by atoms with Crippen LogP contribution in [0.2, 0.25) is 5.02 Å². The van der Waals surface area contributed by atoms with Crippen molar-refractivity contribution in [3.63, 3.8) is 0 Å². The summed E-state index contributed by atoms with van der Waals surface area (Å²) in [7, 11) is 0. The van der Waals surface area contributed by atoms with Gasteiger partial charge < -0.3 is 9.47 Å². The van der Waals surface area contributed by atoms with Crippen molar-refractivity contribution in [1.29, 1.82) is 0 Å². The molecule has 2 aromatic carbocycles. The van der Waals surface area contributed by atoms with Crippen molar-refractivity contribution in [3.8, 4) is 5.75 Å². The largest absolute Gasteiger partial charge is 0.471 e. The van der Waals surface area contributed by atoms with Gasteiger partial charge in [0, 0.05) is 22.5 Å². The number of aryl methyl sites for hydroxylation is 1. The minimum atomic E-state index is -1.11. The molecule has 1 atom stereocenters. The predicted octanol–water partition coefficient (Wildman–Crippen LogP) is 4.89. The minimum absolute atomic E-state index is 0.0986. The van der Waals surface area contributed by atoms with E-state index in [0.717, 1.165) is 10.9 Å². The summed E-state index contributed by atoms with van der Waals surface area (Å²) in [5, 5.41) is 16.2. The van der Waals surface area contributed by atoms with Gasteiger partial charge in [-0.1, -0.05) is 34.5 Å². The lowest BCUT2D eigenvalue weighted by Gasteiger charge is -2.14. The lowest BCUT2D eigenvalue weighted by molar-refractivity contribution is -0.386. The Labute approximate surface area is 213 Å². The van der Waals surface area contributed by atoms with E-state index in [9.17, 15) is 19.7 Å². The van der Waals surface area contributed by atoms with Gasteiger partial charge in [0.15, 0.2) is 6.10 Å². The number of hydrogen-bond donors (Lipinski definition) is 0. The van der Waals surface area contributed by atoms with E-state index in [2.05, 4.69) is 26.0 Å². The summed E-state index contributed by atoms with van der Waals surface area (Å²) >= 11 is 9.62. The molecule has 12 heteroatoms. The molecule has 0 amide bonds. The maximum atomic E-state index is 13.1. The zero-order valence-corrected chi connectivity index (χ0v) is 21.5. The number of aromatic nitrogens is 2. The number of carbonyl (C=O) groups is 1. The molecule has 0 fully saturated rings. The number of nitrogens with zero attached hydrogens (tertiary/aromatic N) is 4. The number of rotatable bonds is 9. The van der Waals surface area contributed by atoms with Gasteiger partial charge in [0.1, 0.15) is 5.82 Å². The lowest BCUT2D eigenvalue weighted by Crippen LogP contribution is -2.26. The normalized spacial score (nSPS) is 12.1. The Hall–Kier alpha value is -3.31. The molecule has 0 saturated heterocycles. The van der Waals surface area contributed by atoms with Crippen molar-refractivity contribution in [2.75, 3.05) is 6.61 Å². The highest BCUT2D eigenvalue weighted by atomic mass is 79.9. The molecule has 0 spiro atoms. The monoisotopic (exact) mass is 564 g/mol. The molecular formula is C23H22BrClN4O6. The van der Waals surface area contributed by atoms with E-state index in [1.807, 2.05) is 6.92 Å². The third-order valence-electron chi connectivity index (χ3n) is 4.83. The first-order chi connectivity index (χ1) is 16.7. The molecule has 0 aliphatic rings. The van der Waals surface area contributed by atoms with Gasteiger partial charge in [-0.2, -0.15) is 9.78 Å². The Morgan fingerprint density at radius 2 is 2.09 bits per heavy atom. The first kappa shape index (κ1) is 26.3. The molecule has 1 heterocycles. The Bertz CT molecular complexity index is 1370. The van der Waals surface area contributed by atoms with Crippen molar-refractivity contribution in [2.45, 2.75) is 39.7 Å². The molecule has 3 aromatic rings. The SMILES string of the molecule is CCCc1nc2ccc(Br)cc2c(=O)n1N=Cc1cc(Cl)c(O[C@H](C)C(=O)OCC)c([N+](=O)[O-])c1. The molecule has 0 aliphatic carbocycles. The van der Waals surface area contributed by atoms with Gasteiger partial charge in [-0.3, -0.25) is 14.9 Å². The third-order valence-corrected chi connectivity index (χ3v) is 5.60. The number of carbonyl (C=O) groups excluding carboxylic acids is 1. The van der Waals surface area contributed by atoms with Crippen molar-refractivity contribution >= 4 is 56.3 Å². The summed E-state index contributed by atoms with van der Waals surface area (Å²) in [5.74, 6) is -0.496. The number of hydrogen-bond acceptors (Lipinski definition) is 8. The smallest absolute Gasteiger partial charge is 0.347 e. The van der Waals surface area contributed by atoms with E-state index in [1.165, 1.54) is 29.9 Å². The molecule has 10 nitrogen and oxygen atoms in total. The van der Waals surface area contributed by atoms with Gasteiger partial charge >= 0.3 is 11.7 Å². The zero-order chi connectivity index (χ0) is 25.7. The maximum Gasteiger partial charge on any atom is 0.347 e. The van der Waals surface area contributed by atoms with Crippen LogP contribution < -0.4 is 10.3 Å². The highest BCUT2D eigenvalue weighted by Gasteiger charge is 2.25. The van der Waals surface area contributed by atoms with E-state index in [-0.39, 0.29) is 28.5 Å². The Morgan fingerprint density at radius 3 is 2.74 bits per heavy atom. The first-order valence-corrected chi connectivity index (χ1v) is 11.9. The third kappa shape index (κ3) is 6.04. The quantitative estimate of drug-likeness (QED) is 0.157. The Kier molecular flexibility index (Phi) is 8.57. The van der Waals surface area contributed by atoms with Crippen LogP contribution in [0.5, 0.6) is 5.75 Å². The number of halogens is 2. The molecule has 0 N–H and O–H groups in total. The molecule has 0 unspecified atom stereocenters. The Morgan fingerprint density at radius 1 is 1.34 bits per heavy atom. The number of nitro benzene ring substituents is 1. The average molecular weight is 566 g/mol. The molecule has 0 saturated carbocycles. The summed E-state index contributed by atoms with van der Waals surface area (Å²) in [4.78, 5) is 40.6. The fourth-order valence-electron chi connectivity index (χ4n) is 3.23. The fraction of sp³-hybridized carbons (Fsp3) is 0.304. The molecule has 0 aliphatic heterocycles. The summed E-state index contributed by atoms with van der Waals surface area (Å²) in [6, 6.07) is 7.78. The fourth-order valence-corrected chi connectivity index (χ4v) is 3.86. The molecular weight excluding hydrogens is 544 g/mol. The predicted molar refractivity (Wildman–Crippen MR) is 136 cm³/mol. The van der Waals surface area contributed by atoms with Crippen LogP contribution in [0.1, 0.15) is 38.6 Å². The second-order valence-electron chi connectivity index (χ2n) is 7.42. The lowest BCUT2D eigenvalue weighted by atomic mass is 10.2. The summed E-state index contributed by atoms with van der Waals surface area (Å²) in [6.45, 7) is 5.12. The van der Waals surface area contributed by atoms with E-state index < -0.39 is 22.7 Å². The van der Waals surface area contributed by atoms with Gasteiger partial charge in [-0.05, 0) is 44.5 Å².